The van der Waals surface area contributed by atoms with Gasteiger partial charge >= 0.3 is 7.80 Å². The fraction of sp³-hybridized carbons (Fsp3) is 1.00. The molecule has 0 aliphatic heterocycles. The van der Waals surface area contributed by atoms with Crippen LogP contribution in [0.3, 0.4) is 0 Å². The molecular weight excluding hydrogens is 186 g/mol. The molecule has 0 N–H and O–H groups in total. The Morgan fingerprint density at radius 3 is 2.33 bits per heavy atom. The molecule has 0 aliphatic rings. The average Bonchev–Trinajstić information content (AvgIpc) is 1.65. The Kier molecular flexibility index (Phi) is 4.63. The van der Waals surface area contributed by atoms with Crippen molar-refractivity contribution < 1.29 is 4.57 Å². The van der Waals surface area contributed by atoms with Crippen molar-refractivity contribution in [2.24, 2.45) is 0 Å². The normalized spacial score (nSPS) is 11.3. The van der Waals surface area contributed by atoms with Crippen molar-refractivity contribution in [3.63, 3.8) is 0 Å². The minimum Gasteiger partial charge on any atom is -0.0724 e. The van der Waals surface area contributed by atoms with Crippen LogP contribution in [0.15, 0.2) is 0 Å². The molecule has 1 unspecified atom stereocenters. The first-order chi connectivity index (χ1) is 2.81. The zero-order valence-electron chi connectivity index (χ0n) is 3.03. The first kappa shape index (κ1) is 6.87. The highest BCUT2D eigenvalue weighted by molar-refractivity contribution is 9.10. The molecule has 1 nitrogen and oxygen atoms in total. The Morgan fingerprint density at radius 2 is 2.33 bits per heavy atom. The van der Waals surface area contributed by atoms with E-state index in [4.69, 9.17) is 11.6 Å². The van der Waals surface area contributed by atoms with E-state index >= 15 is 0 Å². The number of hydrogen-bond donors (Lipinski definition) is 0. The Labute approximate surface area is 51.0 Å². The van der Waals surface area contributed by atoms with Crippen LogP contribution in [-0.2, 0) is 4.57 Å². The van der Waals surface area contributed by atoms with Gasteiger partial charge in [0, 0.05) is 0 Å². The van der Waals surface area contributed by atoms with Crippen LogP contribution in [0.1, 0.15) is 0 Å². The van der Waals surface area contributed by atoms with E-state index in [0.29, 0.717) is 5.07 Å². The lowest BCUT2D eigenvalue weighted by Crippen LogP contribution is -1.58. The van der Waals surface area contributed by atoms with E-state index in [0.717, 1.165) is 0 Å². The topological polar surface area (TPSA) is 17.1 Å². The molecule has 0 radical (unpaired) electrons. The van der Waals surface area contributed by atoms with Crippen molar-refractivity contribution in [3.8, 4) is 0 Å². The molecule has 6 heavy (non-hydrogen) atoms. The molecule has 0 fully saturated rings. The summed E-state index contributed by atoms with van der Waals surface area (Å²) in [7, 11) is -1.14. The van der Waals surface area contributed by atoms with Gasteiger partial charge < -0.3 is 0 Å². The molecule has 0 aromatic carbocycles. The van der Waals surface area contributed by atoms with Gasteiger partial charge in [-0.25, -0.2) is 0 Å². The summed E-state index contributed by atoms with van der Waals surface area (Å²) in [6.45, 7) is 0. The third-order valence-corrected chi connectivity index (χ3v) is 3.28. The van der Waals surface area contributed by atoms with Crippen molar-refractivity contribution in [1.82, 2.24) is 0 Å². The smallest absolute Gasteiger partial charge is 0.0724 e. The van der Waals surface area contributed by atoms with Crippen LogP contribution in [0.5, 0.6) is 0 Å². The first-order valence-corrected chi connectivity index (χ1v) is 4.64. The summed E-state index contributed by atoms with van der Waals surface area (Å²) in [5.74, 6) is 0. The van der Waals surface area contributed by atoms with Crippen LogP contribution in [0.2, 0.25) is 0 Å². The van der Waals surface area contributed by atoms with Crippen LogP contribution < -0.4 is 0 Å². The molecule has 0 aromatic rings. The van der Waals surface area contributed by atoms with E-state index in [2.05, 4.69) is 15.9 Å². The fourth-order valence-corrected chi connectivity index (χ4v) is 1.49. The van der Waals surface area contributed by atoms with E-state index in [1.165, 1.54) is 0 Å². The quantitative estimate of drug-likeness (QED) is 0.482. The minimum atomic E-state index is -1.14. The molecule has 0 aromatic heterocycles. The second-order valence-electron chi connectivity index (χ2n) is 0.721. The maximum absolute atomic E-state index is 10.1. The Balaban J connectivity index is 2.99. The van der Waals surface area contributed by atoms with Gasteiger partial charge in [0.1, 0.15) is 0 Å². The number of hydrogen-bond acceptors (Lipinski definition) is 1. The van der Waals surface area contributed by atoms with Gasteiger partial charge in [0.15, 0.2) is 0 Å². The van der Waals surface area contributed by atoms with E-state index < -0.39 is 7.80 Å². The number of rotatable bonds is 2. The lowest BCUT2D eigenvalue weighted by molar-refractivity contribution is 0.593. The highest BCUT2D eigenvalue weighted by Crippen LogP contribution is 2.23. The largest absolute Gasteiger partial charge is 0.365 e. The number of halogens is 2. The third kappa shape index (κ3) is 3.08. The highest BCUT2D eigenvalue weighted by atomic mass is 79.9. The second kappa shape index (κ2) is 4.04. The third-order valence-electron chi connectivity index (χ3n) is 0.267. The van der Waals surface area contributed by atoms with Crippen molar-refractivity contribution in [2.75, 3.05) is 10.7 Å². The van der Waals surface area contributed by atoms with Crippen LogP contribution >= 0.6 is 35.3 Å². The standard InChI is InChI=1S/C2H4BrClOP/c3-1-6(5)2-4/h1-2H2/q+1. The molecule has 0 rings (SSSR count). The van der Waals surface area contributed by atoms with Crippen molar-refractivity contribution >= 4 is 35.3 Å². The Morgan fingerprint density at radius 1 is 1.83 bits per heavy atom. The molecule has 0 saturated carbocycles. The molecule has 0 saturated heterocycles. The van der Waals surface area contributed by atoms with Gasteiger partial charge in [0.05, 0.1) is 0 Å². The highest BCUT2D eigenvalue weighted by Gasteiger charge is 2.06. The van der Waals surface area contributed by atoms with E-state index in [9.17, 15) is 4.57 Å². The Bertz CT molecular complexity index is 51.5. The second-order valence-corrected chi connectivity index (χ2v) is 4.38. The molecule has 0 amide bonds. The zero-order valence-corrected chi connectivity index (χ0v) is 6.26. The van der Waals surface area contributed by atoms with Crippen molar-refractivity contribution in [1.29, 1.82) is 0 Å². The summed E-state index contributed by atoms with van der Waals surface area (Å²) in [6, 6.07) is 0. The maximum Gasteiger partial charge on any atom is 0.365 e. The van der Waals surface area contributed by atoms with Gasteiger partial charge in [-0.15, -0.1) is 0 Å². The maximum atomic E-state index is 10.1. The molecule has 0 heterocycles. The first-order valence-electron chi connectivity index (χ1n) is 1.35. The lowest BCUT2D eigenvalue weighted by Gasteiger charge is -1.62. The molecule has 36 valence electrons. The molecule has 0 bridgehead atoms. The lowest BCUT2D eigenvalue weighted by atomic mass is 11.9. The summed E-state index contributed by atoms with van der Waals surface area (Å²) < 4.78 is 10.1. The predicted octanol–water partition coefficient (Wildman–Crippen LogP) is 2.36. The fourth-order valence-electron chi connectivity index (χ4n) is 0.0319. The summed E-state index contributed by atoms with van der Waals surface area (Å²) in [6.07, 6.45) is 0. The SMILES string of the molecule is O=[P+](CCl)CBr. The van der Waals surface area contributed by atoms with Crippen LogP contribution in [0.4, 0.5) is 0 Å². The zero-order chi connectivity index (χ0) is 4.99. The molecule has 1 atom stereocenters. The molecule has 0 aliphatic carbocycles. The van der Waals surface area contributed by atoms with Crippen molar-refractivity contribution in [2.45, 2.75) is 0 Å². The summed E-state index contributed by atoms with van der Waals surface area (Å²) >= 11 is 8.15. The van der Waals surface area contributed by atoms with Gasteiger partial charge in [-0.05, 0) is 15.9 Å². The summed E-state index contributed by atoms with van der Waals surface area (Å²) in [5.41, 5.74) is 0.264. The van der Waals surface area contributed by atoms with E-state index in [1.807, 2.05) is 0 Å². The Hall–Kier alpha value is 0.870. The van der Waals surface area contributed by atoms with Gasteiger partial charge in [-0.1, -0.05) is 16.2 Å². The van der Waals surface area contributed by atoms with E-state index in [-0.39, 0.29) is 5.62 Å². The van der Waals surface area contributed by atoms with Crippen LogP contribution in [0.25, 0.3) is 0 Å². The van der Waals surface area contributed by atoms with Gasteiger partial charge in [0.25, 0.3) is 0 Å². The van der Waals surface area contributed by atoms with Gasteiger partial charge in [0.2, 0.25) is 10.7 Å². The van der Waals surface area contributed by atoms with Crippen LogP contribution in [0, 0.1) is 0 Å². The van der Waals surface area contributed by atoms with E-state index in [1.54, 1.807) is 0 Å². The summed E-state index contributed by atoms with van der Waals surface area (Å²) in [5, 5.41) is 0.520. The molecular formula is C2H4BrClOP+. The molecule has 4 heteroatoms. The average molecular weight is 190 g/mol. The predicted molar refractivity (Wildman–Crippen MR) is 32.1 cm³/mol. The summed E-state index contributed by atoms with van der Waals surface area (Å²) in [4.78, 5) is 0. The van der Waals surface area contributed by atoms with Crippen LogP contribution in [-0.4, -0.2) is 10.7 Å². The molecule has 0 spiro atoms. The monoisotopic (exact) mass is 189 g/mol. The van der Waals surface area contributed by atoms with Gasteiger partial charge in [-0.3, -0.25) is 0 Å². The number of alkyl halides is 2. The van der Waals surface area contributed by atoms with Crippen molar-refractivity contribution in [3.05, 3.63) is 0 Å². The minimum absolute atomic E-state index is 0.264. The van der Waals surface area contributed by atoms with Gasteiger partial charge in [-0.2, -0.15) is 0 Å².